The topological polar surface area (TPSA) is 759 Å². The van der Waals surface area contributed by atoms with Gasteiger partial charge in [-0.2, -0.15) is 25.3 Å². The van der Waals surface area contributed by atoms with Gasteiger partial charge in [0.1, 0.15) is 90.3 Å². The maximum Gasteiger partial charge on any atom is 0.303 e. The minimum absolute atomic E-state index is 0.0175. The van der Waals surface area contributed by atoms with Crippen LogP contribution in [0.25, 0.3) is 10.9 Å². The summed E-state index contributed by atoms with van der Waals surface area (Å²) in [5, 5.41) is 91.8. The molecule has 1 aliphatic heterocycles. The van der Waals surface area contributed by atoms with E-state index in [9.17, 15) is 97.1 Å². The molecule has 3 heterocycles. The number of imidazole rings is 1. The molecule has 1 saturated heterocycles. The first-order valence-electron chi connectivity index (χ1n) is 44.9. The zero-order chi connectivity index (χ0) is 102. The number of benzene rings is 3. The first kappa shape index (κ1) is 113. The van der Waals surface area contributed by atoms with Crippen LogP contribution in [-0.4, -0.2) is 307 Å². The number of phenols is 1. The van der Waals surface area contributed by atoms with Gasteiger partial charge in [-0.3, -0.25) is 96.5 Å². The molecule has 0 spiro atoms. The Morgan fingerprint density at radius 2 is 0.949 bits per heavy atom. The Labute approximate surface area is 805 Å². The van der Waals surface area contributed by atoms with Crippen molar-refractivity contribution in [3.05, 3.63) is 120 Å². The van der Waals surface area contributed by atoms with Crippen molar-refractivity contribution < 1.29 is 112 Å². The maximum absolute atomic E-state index is 15.3. The van der Waals surface area contributed by atoms with Gasteiger partial charge in [0.05, 0.1) is 39.2 Å². The van der Waals surface area contributed by atoms with Gasteiger partial charge >= 0.3 is 5.97 Å². The number of nitrogens with one attached hydrogen (secondary N) is 20. The van der Waals surface area contributed by atoms with Crippen molar-refractivity contribution in [2.24, 2.45) is 23.1 Å². The number of nitrogens with zero attached hydrogens (tertiary/aromatic N) is 2. The second-order valence-corrected chi connectivity index (χ2v) is 33.8. The molecule has 6 rings (SSSR count). The van der Waals surface area contributed by atoms with E-state index in [4.69, 9.17) is 22.6 Å². The number of aliphatic carboxylic acids is 1. The number of aromatic nitrogens is 3. The summed E-state index contributed by atoms with van der Waals surface area (Å²) in [7, 11) is 0. The number of aliphatic hydroxyl groups is 2. The van der Waals surface area contributed by atoms with Crippen LogP contribution in [0.15, 0.2) is 97.6 Å². The number of phenolic OH excluding ortho intramolecular Hbond substituents is 1. The Morgan fingerprint density at radius 1 is 0.500 bits per heavy atom. The molecule has 0 radical (unpaired) electrons. The third-order valence-corrected chi connectivity index (χ3v) is 22.7. The van der Waals surface area contributed by atoms with Crippen LogP contribution in [0.2, 0.25) is 0 Å². The number of fused-ring (bicyclic) bond motifs is 1. The van der Waals surface area contributed by atoms with Crippen molar-refractivity contribution in [1.29, 1.82) is 5.41 Å². The van der Waals surface area contributed by atoms with Crippen LogP contribution in [0.4, 0.5) is 0 Å². The largest absolute Gasteiger partial charge is 0.508 e. The number of H-pyrrole nitrogens is 2. The molecule has 14 atom stereocenters. The minimum atomic E-state index is -1.95. The highest BCUT2D eigenvalue weighted by molar-refractivity contribution is 7.80. The van der Waals surface area contributed by atoms with Crippen LogP contribution in [-0.2, 0) is 117 Å². The molecule has 1 aliphatic rings. The van der Waals surface area contributed by atoms with Crippen molar-refractivity contribution in [3.8, 4) is 5.75 Å². The average molecular weight is 1970 g/mol. The molecule has 0 aliphatic carbocycles. The van der Waals surface area contributed by atoms with Crippen LogP contribution in [0, 0.1) is 11.3 Å². The Morgan fingerprint density at radius 3 is 1.44 bits per heavy atom. The molecule has 138 heavy (non-hydrogen) atoms. The summed E-state index contributed by atoms with van der Waals surface area (Å²) in [5.41, 5.74) is 19.1. The molecule has 5 aromatic rings. The number of carbonyl (C=O) groups excluding carboxylic acids is 18. The fourth-order valence-corrected chi connectivity index (χ4v) is 15.1. The van der Waals surface area contributed by atoms with Gasteiger partial charge < -0.3 is 143 Å². The average Bonchev–Trinajstić information content (AvgIpc) is 1.67. The number of guanidine groups is 1. The zero-order valence-electron chi connectivity index (χ0n) is 76.8. The van der Waals surface area contributed by atoms with Crippen molar-refractivity contribution in [3.63, 3.8) is 0 Å². The van der Waals surface area contributed by atoms with E-state index in [0.29, 0.717) is 47.7 Å². The summed E-state index contributed by atoms with van der Waals surface area (Å²) in [4.78, 5) is 274. The molecule has 30 N–H and O–H groups in total. The summed E-state index contributed by atoms with van der Waals surface area (Å²) >= 11 is 8.08. The van der Waals surface area contributed by atoms with Crippen molar-refractivity contribution in [1.82, 2.24) is 110 Å². The van der Waals surface area contributed by atoms with E-state index in [2.05, 4.69) is 131 Å². The van der Waals surface area contributed by atoms with E-state index < -0.39 is 261 Å². The van der Waals surface area contributed by atoms with Gasteiger partial charge in [0.25, 0.3) is 0 Å². The van der Waals surface area contributed by atoms with Crippen LogP contribution in [0.5, 0.6) is 5.75 Å². The molecule has 48 nitrogen and oxygen atoms in total. The minimum Gasteiger partial charge on any atom is -0.508 e. The Bertz CT molecular complexity index is 5000. The second-order valence-electron chi connectivity index (χ2n) is 33.1. The molecule has 3 aromatic carbocycles. The van der Waals surface area contributed by atoms with Gasteiger partial charge in [-0.15, -0.1) is 0 Å². The third kappa shape index (κ3) is 37.9. The van der Waals surface area contributed by atoms with Gasteiger partial charge in [-0.05, 0) is 105 Å². The number of carbonyl (C=O) groups is 19. The molecule has 50 heteroatoms. The van der Waals surface area contributed by atoms with E-state index >= 15 is 14.4 Å². The number of rotatable bonds is 60. The highest BCUT2D eigenvalue weighted by Gasteiger charge is 2.42. The molecule has 754 valence electrons. The quantitative estimate of drug-likeness (QED) is 0.00744. The Balaban J connectivity index is 1.21. The first-order chi connectivity index (χ1) is 65.8. The lowest BCUT2D eigenvalue weighted by Gasteiger charge is -2.30. The number of aromatic hydroxyl groups is 1. The van der Waals surface area contributed by atoms with Crippen LogP contribution in [0.1, 0.15) is 127 Å². The lowest BCUT2D eigenvalue weighted by molar-refractivity contribution is -0.142. The second kappa shape index (κ2) is 58.4. The molecular weight excluding hydrogens is 1840 g/mol. The summed E-state index contributed by atoms with van der Waals surface area (Å²) in [6.07, 6.45) is 2.99. The molecule has 0 saturated carbocycles. The number of nitrogens with two attached hydrogens (primary N) is 3. The predicted octanol–water partition coefficient (Wildman–Crippen LogP) is -7.04. The smallest absolute Gasteiger partial charge is 0.303 e. The number of primary amides is 1. The number of aromatic amines is 2. The fourth-order valence-electron chi connectivity index (χ4n) is 14.6. The molecule has 1 fully saturated rings. The molecule has 18 amide bonds. The summed E-state index contributed by atoms with van der Waals surface area (Å²) in [6.45, 7) is 2.07. The van der Waals surface area contributed by atoms with Crippen LogP contribution >= 0.6 is 25.3 Å². The lowest BCUT2D eigenvalue weighted by Crippen LogP contribution is -2.61. The van der Waals surface area contributed by atoms with E-state index in [-0.39, 0.29) is 105 Å². The summed E-state index contributed by atoms with van der Waals surface area (Å²) < 4.78 is 0. The monoisotopic (exact) mass is 1970 g/mol. The van der Waals surface area contributed by atoms with E-state index in [1.165, 1.54) is 48.6 Å². The van der Waals surface area contributed by atoms with Gasteiger partial charge in [-0.1, -0.05) is 94.3 Å². The SMILES string of the molecule is CCCC[C@H](NC(=O)[C@H](CO)NC(=O)[C@H](Cc1ccc(O)cc1)NC(=O)[C@H](CO)NC(=O)CNC(=O)[C@H](CS)NC(=O)CNC(=O)[C@H](CS)NC(C)=O)C(=O)N[C@@H](CCC(=O)O)C(=O)N[C@@H](Cc1cnc[nH]1)C(=O)N[C@H](Cc1ccccc1)C(=O)N[C@@H](CCCNC(=N)N)C(=O)N[C@@H](Cc1c[nH]c2ccccc12)C(=O)NCC(=O)N[C@@H](CCCCN)C(=O)N1CCC[C@H]1C(=O)N[C@H](C(N)=O)C(C)C. The van der Waals surface area contributed by atoms with E-state index in [1.807, 2.05) is 0 Å². The normalized spacial score (nSPS) is 15.0. The maximum atomic E-state index is 15.3. The van der Waals surface area contributed by atoms with Gasteiger partial charge in [0, 0.05) is 92.6 Å². The zero-order valence-corrected chi connectivity index (χ0v) is 78.6. The van der Waals surface area contributed by atoms with Crippen molar-refractivity contribution in [2.75, 3.05) is 64.0 Å². The summed E-state index contributed by atoms with van der Waals surface area (Å²) in [5.74, 6) is -19.8. The number of likely N-dealkylation sites (tertiary alicyclic amines) is 1. The highest BCUT2D eigenvalue weighted by Crippen LogP contribution is 2.23. The Hall–Kier alpha value is -14.0. The molecular formula is C88H127N25O23S2. The number of thiol groups is 2. The number of aliphatic hydroxyl groups excluding tert-OH is 2. The Kier molecular flexibility index (Phi) is 47.7. The van der Waals surface area contributed by atoms with Gasteiger partial charge in [0.2, 0.25) is 106 Å². The summed E-state index contributed by atoms with van der Waals surface area (Å²) in [6, 6.07) is -0.866. The molecule has 0 unspecified atom stereocenters. The van der Waals surface area contributed by atoms with Gasteiger partial charge in [-0.25, -0.2) is 4.98 Å². The van der Waals surface area contributed by atoms with E-state index in [1.54, 1.807) is 81.6 Å². The molecule has 0 bridgehead atoms. The third-order valence-electron chi connectivity index (χ3n) is 22.0. The van der Waals surface area contributed by atoms with Crippen molar-refractivity contribution in [2.45, 2.75) is 215 Å². The number of hydrogen-bond acceptors (Lipinski definition) is 27. The number of unbranched alkanes of at least 4 members (excludes halogenated alkanes) is 2. The standard InChI is InChI=1S/C88H127N25O23S2/c1-5-6-19-56(105-85(134)65(43-115)111-82(131)61(34-50-24-26-53(117)27-25-50)108-84(133)64(42-114)102-70(119)40-98-77(126)67(45-138)103-71(120)41-97-76(125)66(44-137)100-48(4)116)78(127)106-58(28-29-72(121)122)80(129)110-63(36-52-38-93-46-99-52)83(132)107-60(33-49-16-8-7-9-17-49)81(130)104-57(22-14-31-94-88(91)92)79(128)109-62(35-51-37-95-55-20-11-10-18-54(51)55)75(124)96-39-69(118)101-59(21-12-13-30-89)87(136)113-32-15-23-68(113)86(135)112-73(47(2)3)74(90)123/h7-11,16-18,20,24-27,37-38,46-47,56-68,73,95,114-115,117,137-138H,5-6,12-15,19,21-23,28-36,39-45,89H2,1-4H3,(H2,90,123)(H,93,99)(H,96,124)(H,97,125)(H,98,126)(H,100,116)(H,101,118)(H,102,119)(H,103,120)(H,104,130)(H,105,134)(H,106,127)(H,107,132)(H,108,133)(H,109,128)(H,110,129)(H,111,131)(H,112,135)(H,121,122)(H4,91,92,94)/t56-,57-,58-,59-,60+,61-,62-,63-,64-,65-,66-,67-,68-,73-/m0/s1. The lowest BCUT2D eigenvalue weighted by atomic mass is 10.0. The van der Waals surface area contributed by atoms with Crippen LogP contribution in [0.3, 0.4) is 0 Å². The van der Waals surface area contributed by atoms with E-state index in [0.717, 1.165) is 0 Å². The highest BCUT2D eigenvalue weighted by atomic mass is 32.1. The number of carboxylic acid groups (broad SMARTS) is 1. The molecule has 2 aromatic heterocycles. The van der Waals surface area contributed by atoms with Crippen molar-refractivity contribution >= 4 is 154 Å². The number of amides is 18. The number of hydrogen-bond donors (Lipinski definition) is 29. The predicted molar refractivity (Wildman–Crippen MR) is 505 cm³/mol. The first-order valence-corrected chi connectivity index (χ1v) is 46.2. The van der Waals surface area contributed by atoms with Crippen LogP contribution < -0.4 is 108 Å². The fraction of sp³-hybridized carbons (Fsp3) is 0.511. The van der Waals surface area contributed by atoms with Gasteiger partial charge in [0.15, 0.2) is 5.96 Å². The number of para-hydroxylation sites is 1. The number of carboxylic acids is 1.